The number of benzene rings is 3. The molecular weight excluding hydrogens is 435 g/mol. The molecule has 5 nitrogen and oxygen atoms in total. The molecular formula is C23H23FN2O3S2. The Morgan fingerprint density at radius 1 is 0.968 bits per heavy atom. The Balaban J connectivity index is 1.66. The van der Waals surface area contributed by atoms with Crippen LogP contribution in [0.2, 0.25) is 0 Å². The number of sulfonamides is 1. The molecule has 0 bridgehead atoms. The van der Waals surface area contributed by atoms with Crippen molar-refractivity contribution in [2.24, 2.45) is 0 Å². The molecule has 0 radical (unpaired) electrons. The maximum Gasteiger partial charge on any atom is 0.264 e. The van der Waals surface area contributed by atoms with E-state index in [-0.39, 0.29) is 11.4 Å². The molecule has 0 aliphatic carbocycles. The van der Waals surface area contributed by atoms with Crippen molar-refractivity contribution in [3.8, 4) is 0 Å². The molecule has 0 fully saturated rings. The maximum absolute atomic E-state index is 13.2. The molecule has 3 rings (SSSR count). The lowest BCUT2D eigenvalue weighted by atomic mass is 10.2. The maximum atomic E-state index is 13.2. The Labute approximate surface area is 186 Å². The van der Waals surface area contributed by atoms with Crippen molar-refractivity contribution in [3.63, 3.8) is 0 Å². The van der Waals surface area contributed by atoms with Crippen LogP contribution in [0.15, 0.2) is 88.7 Å². The van der Waals surface area contributed by atoms with E-state index in [9.17, 15) is 17.6 Å². The number of carbonyl (C=O) groups is 1. The molecule has 8 heteroatoms. The summed E-state index contributed by atoms with van der Waals surface area (Å²) in [5.41, 5.74) is 1.54. The molecule has 1 amide bonds. The van der Waals surface area contributed by atoms with Gasteiger partial charge in [-0.3, -0.25) is 9.10 Å². The summed E-state index contributed by atoms with van der Waals surface area (Å²) in [4.78, 5) is 13.5. The molecule has 0 atom stereocenters. The predicted molar refractivity (Wildman–Crippen MR) is 122 cm³/mol. The van der Waals surface area contributed by atoms with Crippen LogP contribution in [-0.2, 0) is 14.8 Å². The van der Waals surface area contributed by atoms with Crippen LogP contribution in [0.3, 0.4) is 0 Å². The van der Waals surface area contributed by atoms with E-state index >= 15 is 0 Å². The first-order valence-electron chi connectivity index (χ1n) is 9.66. The van der Waals surface area contributed by atoms with Crippen molar-refractivity contribution in [1.29, 1.82) is 0 Å². The first kappa shape index (κ1) is 22.8. The third kappa shape index (κ3) is 6.32. The highest BCUT2D eigenvalue weighted by molar-refractivity contribution is 7.99. The average molecular weight is 459 g/mol. The van der Waals surface area contributed by atoms with Crippen LogP contribution < -0.4 is 9.62 Å². The average Bonchev–Trinajstić information content (AvgIpc) is 2.77. The van der Waals surface area contributed by atoms with Crippen molar-refractivity contribution >= 4 is 33.4 Å². The smallest absolute Gasteiger partial charge is 0.264 e. The van der Waals surface area contributed by atoms with Crippen molar-refractivity contribution < 1.29 is 17.6 Å². The second kappa shape index (κ2) is 10.5. The minimum absolute atomic E-state index is 0.0829. The Kier molecular flexibility index (Phi) is 7.70. The zero-order valence-electron chi connectivity index (χ0n) is 17.0. The Hall–Kier alpha value is -2.84. The number of thioether (sulfide) groups is 1. The van der Waals surface area contributed by atoms with Gasteiger partial charge in [0.1, 0.15) is 12.4 Å². The molecule has 0 aliphatic rings. The highest BCUT2D eigenvalue weighted by atomic mass is 32.2. The number of hydrogen-bond donors (Lipinski definition) is 1. The van der Waals surface area contributed by atoms with Crippen molar-refractivity contribution in [2.45, 2.75) is 16.7 Å². The Morgan fingerprint density at radius 2 is 1.61 bits per heavy atom. The monoisotopic (exact) mass is 458 g/mol. The Bertz CT molecular complexity index is 1100. The van der Waals surface area contributed by atoms with Gasteiger partial charge < -0.3 is 5.32 Å². The molecule has 0 saturated carbocycles. The highest BCUT2D eigenvalue weighted by Gasteiger charge is 2.27. The largest absolute Gasteiger partial charge is 0.354 e. The van der Waals surface area contributed by atoms with Crippen LogP contribution in [0.5, 0.6) is 0 Å². The summed E-state index contributed by atoms with van der Waals surface area (Å²) in [6.07, 6.45) is 0. The van der Waals surface area contributed by atoms with E-state index < -0.39 is 21.7 Å². The number of halogens is 1. The molecule has 31 heavy (non-hydrogen) atoms. The predicted octanol–water partition coefficient (Wildman–Crippen LogP) is 4.24. The third-order valence-corrected chi connectivity index (χ3v) is 7.25. The number of nitrogens with zero attached hydrogens (tertiary/aromatic N) is 1. The molecule has 1 N–H and O–H groups in total. The number of hydrogen-bond acceptors (Lipinski definition) is 4. The lowest BCUT2D eigenvalue weighted by Gasteiger charge is -2.24. The van der Waals surface area contributed by atoms with E-state index in [1.165, 1.54) is 17.7 Å². The minimum Gasteiger partial charge on any atom is -0.354 e. The molecule has 0 aromatic heterocycles. The molecule has 0 spiro atoms. The number of aryl methyl sites for hydroxylation is 1. The van der Waals surface area contributed by atoms with Crippen LogP contribution in [0, 0.1) is 12.7 Å². The SMILES string of the molecule is Cc1ccc(SCCNC(=O)CN(c2ccccc2)S(=O)(=O)c2ccc(F)cc2)cc1. The fourth-order valence-electron chi connectivity index (χ4n) is 2.82. The third-order valence-electron chi connectivity index (χ3n) is 4.45. The van der Waals surface area contributed by atoms with Gasteiger partial charge >= 0.3 is 0 Å². The molecule has 0 aliphatic heterocycles. The van der Waals surface area contributed by atoms with Gasteiger partial charge in [-0.05, 0) is 55.5 Å². The van der Waals surface area contributed by atoms with Gasteiger partial charge in [-0.15, -0.1) is 11.8 Å². The van der Waals surface area contributed by atoms with Crippen LogP contribution in [0.25, 0.3) is 0 Å². The summed E-state index contributed by atoms with van der Waals surface area (Å²) in [5.74, 6) is -0.293. The summed E-state index contributed by atoms with van der Waals surface area (Å²) in [6, 6.07) is 21.0. The van der Waals surface area contributed by atoms with E-state index in [0.717, 1.165) is 21.3 Å². The first-order chi connectivity index (χ1) is 14.9. The summed E-state index contributed by atoms with van der Waals surface area (Å²) < 4.78 is 40.6. The molecule has 3 aromatic rings. The lowest BCUT2D eigenvalue weighted by Crippen LogP contribution is -2.41. The second-order valence-corrected chi connectivity index (χ2v) is 9.84. The van der Waals surface area contributed by atoms with Crippen LogP contribution >= 0.6 is 11.8 Å². The van der Waals surface area contributed by atoms with Crippen LogP contribution in [0.1, 0.15) is 5.56 Å². The summed E-state index contributed by atoms with van der Waals surface area (Å²) >= 11 is 1.61. The number of rotatable bonds is 9. The standard InChI is InChI=1S/C23H23FN2O3S2/c1-18-7-11-21(12-8-18)30-16-15-25-23(27)17-26(20-5-3-2-4-6-20)31(28,29)22-13-9-19(24)10-14-22/h2-14H,15-17H2,1H3,(H,25,27). The molecule has 162 valence electrons. The topological polar surface area (TPSA) is 66.5 Å². The van der Waals surface area contributed by atoms with Gasteiger partial charge in [-0.1, -0.05) is 35.9 Å². The lowest BCUT2D eigenvalue weighted by molar-refractivity contribution is -0.119. The quantitative estimate of drug-likeness (QED) is 0.385. The van der Waals surface area contributed by atoms with Gasteiger partial charge in [-0.2, -0.15) is 0 Å². The van der Waals surface area contributed by atoms with E-state index in [2.05, 4.69) is 5.32 Å². The Morgan fingerprint density at radius 3 is 2.26 bits per heavy atom. The zero-order chi connectivity index (χ0) is 22.3. The van der Waals surface area contributed by atoms with Gasteiger partial charge in [-0.25, -0.2) is 12.8 Å². The van der Waals surface area contributed by atoms with E-state index in [4.69, 9.17) is 0 Å². The summed E-state index contributed by atoms with van der Waals surface area (Å²) in [6.45, 7) is 2.04. The van der Waals surface area contributed by atoms with Crippen molar-refractivity contribution in [3.05, 3.63) is 90.2 Å². The van der Waals surface area contributed by atoms with Crippen LogP contribution in [0.4, 0.5) is 10.1 Å². The highest BCUT2D eigenvalue weighted by Crippen LogP contribution is 2.23. The van der Waals surface area contributed by atoms with Gasteiger partial charge in [0.25, 0.3) is 10.0 Å². The van der Waals surface area contributed by atoms with Gasteiger partial charge in [0.15, 0.2) is 0 Å². The van der Waals surface area contributed by atoms with Gasteiger partial charge in [0, 0.05) is 17.2 Å². The van der Waals surface area contributed by atoms with Crippen LogP contribution in [-0.4, -0.2) is 33.2 Å². The normalized spacial score (nSPS) is 11.2. The van der Waals surface area contributed by atoms with E-state index in [1.54, 1.807) is 42.1 Å². The molecule has 0 heterocycles. The molecule has 0 saturated heterocycles. The van der Waals surface area contributed by atoms with E-state index in [1.807, 2.05) is 31.2 Å². The first-order valence-corrected chi connectivity index (χ1v) is 12.1. The number of amides is 1. The van der Waals surface area contributed by atoms with Crippen molar-refractivity contribution in [2.75, 3.05) is 23.1 Å². The number of carbonyl (C=O) groups excluding carboxylic acids is 1. The fraction of sp³-hybridized carbons (Fsp3) is 0.174. The number of nitrogens with one attached hydrogen (secondary N) is 1. The molecule has 0 unspecified atom stereocenters. The van der Waals surface area contributed by atoms with Gasteiger partial charge in [0.05, 0.1) is 10.6 Å². The summed E-state index contributed by atoms with van der Waals surface area (Å²) in [7, 11) is -4.04. The van der Waals surface area contributed by atoms with Gasteiger partial charge in [0.2, 0.25) is 5.91 Å². The second-order valence-electron chi connectivity index (χ2n) is 6.81. The minimum atomic E-state index is -4.04. The zero-order valence-corrected chi connectivity index (χ0v) is 18.6. The number of para-hydroxylation sites is 1. The van der Waals surface area contributed by atoms with Crippen molar-refractivity contribution in [1.82, 2.24) is 5.32 Å². The van der Waals surface area contributed by atoms with E-state index in [0.29, 0.717) is 18.0 Å². The fourth-order valence-corrected chi connectivity index (χ4v) is 5.01. The molecule has 3 aromatic carbocycles. The summed E-state index contributed by atoms with van der Waals surface area (Å²) in [5, 5.41) is 2.77. The number of anilines is 1.